The van der Waals surface area contributed by atoms with E-state index in [9.17, 15) is 9.59 Å². The van der Waals surface area contributed by atoms with Crippen LogP contribution in [0.1, 0.15) is 29.3 Å². The predicted octanol–water partition coefficient (Wildman–Crippen LogP) is 5.81. The molecule has 0 saturated heterocycles. The van der Waals surface area contributed by atoms with Crippen molar-refractivity contribution in [3.8, 4) is 28.6 Å². The van der Waals surface area contributed by atoms with Crippen molar-refractivity contribution >= 4 is 44.5 Å². The van der Waals surface area contributed by atoms with Crippen LogP contribution < -0.4 is 19.8 Å². The molecule has 0 unspecified atom stereocenters. The molecular weight excluding hydrogens is 520 g/mol. The molecule has 5 rings (SSSR count). The summed E-state index contributed by atoms with van der Waals surface area (Å²) in [4.78, 5) is 33.8. The van der Waals surface area contributed by atoms with Gasteiger partial charge in [0, 0.05) is 20.9 Å². The van der Waals surface area contributed by atoms with Gasteiger partial charge >= 0.3 is 0 Å². The van der Waals surface area contributed by atoms with Crippen molar-refractivity contribution < 1.29 is 19.0 Å². The first-order chi connectivity index (χ1) is 18.5. The normalized spacial score (nSPS) is 12.9. The minimum atomic E-state index is -0.101. The van der Waals surface area contributed by atoms with Gasteiger partial charge in [0.2, 0.25) is 5.75 Å². The number of carbonyl (C=O) groups is 1. The van der Waals surface area contributed by atoms with Crippen molar-refractivity contribution in [3.05, 3.63) is 74.4 Å². The molecule has 0 amide bonds. The number of methoxy groups -OCH3 is 3. The van der Waals surface area contributed by atoms with Crippen molar-refractivity contribution in [2.45, 2.75) is 26.3 Å². The zero-order chi connectivity index (χ0) is 26.8. The van der Waals surface area contributed by atoms with E-state index in [0.717, 1.165) is 38.5 Å². The maximum atomic E-state index is 14.3. The van der Waals surface area contributed by atoms with E-state index in [1.54, 1.807) is 37.7 Å². The highest BCUT2D eigenvalue weighted by atomic mass is 32.2. The monoisotopic (exact) mass is 548 g/mol. The van der Waals surface area contributed by atoms with Crippen molar-refractivity contribution in [3.63, 3.8) is 0 Å². The second kappa shape index (κ2) is 11.0. The smallest absolute Gasteiger partial charge is 0.263 e. The van der Waals surface area contributed by atoms with Gasteiger partial charge in [-0.2, -0.15) is 0 Å². The first-order valence-corrected chi connectivity index (χ1v) is 14.1. The summed E-state index contributed by atoms with van der Waals surface area (Å²) in [6.07, 6.45) is 2.22. The first kappa shape index (κ1) is 26.1. The van der Waals surface area contributed by atoms with Gasteiger partial charge in [0.15, 0.2) is 11.5 Å². The van der Waals surface area contributed by atoms with E-state index in [1.807, 2.05) is 42.5 Å². The SMILES string of the molecule is CCSC1=C(C=O)CCc2c1sc1nc(-c3cc(OC)c(OC)c(OC)c3)n(Cc3ccccc3)c(=O)c21. The molecule has 2 heterocycles. The third-order valence-corrected chi connectivity index (χ3v) is 8.91. The Hall–Kier alpha value is -3.56. The van der Waals surface area contributed by atoms with Crippen LogP contribution in [0.3, 0.4) is 0 Å². The number of nitrogens with zero attached hydrogens (tertiary/aromatic N) is 2. The molecule has 0 saturated carbocycles. The van der Waals surface area contributed by atoms with Crippen LogP contribution in [0.4, 0.5) is 0 Å². The molecule has 2 aromatic heterocycles. The van der Waals surface area contributed by atoms with E-state index in [4.69, 9.17) is 19.2 Å². The number of rotatable bonds is 9. The topological polar surface area (TPSA) is 79.7 Å². The Labute approximate surface area is 229 Å². The number of allylic oxidation sites excluding steroid dienone is 1. The summed E-state index contributed by atoms with van der Waals surface area (Å²) in [6.45, 7) is 2.42. The highest BCUT2D eigenvalue weighted by Gasteiger charge is 2.28. The Balaban J connectivity index is 1.81. The van der Waals surface area contributed by atoms with Crippen LogP contribution in [-0.2, 0) is 17.8 Å². The number of ether oxygens (including phenoxy) is 3. The highest BCUT2D eigenvalue weighted by molar-refractivity contribution is 8.08. The Morgan fingerprint density at radius 3 is 2.37 bits per heavy atom. The summed E-state index contributed by atoms with van der Waals surface area (Å²) in [5, 5.41) is 0.635. The van der Waals surface area contributed by atoms with Gasteiger partial charge in [-0.05, 0) is 41.9 Å². The number of hydrogen-bond donors (Lipinski definition) is 0. The van der Waals surface area contributed by atoms with Crippen LogP contribution in [0.5, 0.6) is 17.2 Å². The molecule has 0 atom stereocenters. The minimum Gasteiger partial charge on any atom is -0.493 e. The van der Waals surface area contributed by atoms with Crippen molar-refractivity contribution in [2.24, 2.45) is 0 Å². The van der Waals surface area contributed by atoms with E-state index in [0.29, 0.717) is 58.2 Å². The number of fused-ring (bicyclic) bond motifs is 3. The molecular formula is C29H28N2O5S2. The summed E-state index contributed by atoms with van der Waals surface area (Å²) in [5.74, 6) is 2.77. The van der Waals surface area contributed by atoms with E-state index >= 15 is 0 Å². The van der Waals surface area contributed by atoms with Crippen molar-refractivity contribution in [1.29, 1.82) is 0 Å². The second-order valence-electron chi connectivity index (χ2n) is 8.72. The highest BCUT2D eigenvalue weighted by Crippen LogP contribution is 2.46. The Morgan fingerprint density at radius 2 is 1.76 bits per heavy atom. The summed E-state index contributed by atoms with van der Waals surface area (Å²) in [5.41, 5.74) is 3.34. The summed E-state index contributed by atoms with van der Waals surface area (Å²) in [7, 11) is 4.68. The fourth-order valence-corrected chi connectivity index (χ4v) is 7.21. The van der Waals surface area contributed by atoms with Crippen LogP contribution in [0, 0.1) is 0 Å². The van der Waals surface area contributed by atoms with E-state index < -0.39 is 0 Å². The number of benzene rings is 2. The molecule has 7 nitrogen and oxygen atoms in total. The molecule has 1 aliphatic rings. The van der Waals surface area contributed by atoms with Gasteiger partial charge < -0.3 is 14.2 Å². The van der Waals surface area contributed by atoms with Crippen LogP contribution in [0.15, 0.2) is 52.8 Å². The summed E-state index contributed by atoms with van der Waals surface area (Å²) in [6, 6.07) is 13.5. The van der Waals surface area contributed by atoms with Crippen LogP contribution in [0.2, 0.25) is 0 Å². The molecule has 4 aromatic rings. The van der Waals surface area contributed by atoms with Gasteiger partial charge in [-0.25, -0.2) is 4.98 Å². The Bertz CT molecular complexity index is 1580. The maximum Gasteiger partial charge on any atom is 0.263 e. The number of aryl methyl sites for hydroxylation is 1. The standard InChI is InChI=1S/C29H28N2O5S2/c1-5-37-25-18(16-32)11-12-20-23-28(38-26(20)25)30-27(31(29(23)33)15-17-9-7-6-8-10-17)19-13-21(34-2)24(36-4)22(14-19)35-3/h6-10,13-14,16H,5,11-12,15H2,1-4H3. The van der Waals surface area contributed by atoms with Crippen LogP contribution in [0.25, 0.3) is 26.5 Å². The minimum absolute atomic E-state index is 0.101. The average molecular weight is 549 g/mol. The van der Waals surface area contributed by atoms with E-state index in [2.05, 4.69) is 6.92 Å². The number of aldehydes is 1. The van der Waals surface area contributed by atoms with E-state index in [1.165, 1.54) is 11.3 Å². The molecule has 0 bridgehead atoms. The Kier molecular flexibility index (Phi) is 7.58. The first-order valence-electron chi connectivity index (χ1n) is 12.3. The molecule has 38 heavy (non-hydrogen) atoms. The van der Waals surface area contributed by atoms with Gasteiger partial charge in [0.05, 0.1) is 33.3 Å². The molecule has 0 N–H and O–H groups in total. The maximum absolute atomic E-state index is 14.3. The fraction of sp³-hybridized carbons (Fsp3) is 0.276. The predicted molar refractivity (Wildman–Crippen MR) is 154 cm³/mol. The summed E-state index contributed by atoms with van der Waals surface area (Å²) < 4.78 is 18.4. The van der Waals surface area contributed by atoms with Gasteiger partial charge in [0.25, 0.3) is 5.56 Å². The van der Waals surface area contributed by atoms with Crippen molar-refractivity contribution in [2.75, 3.05) is 27.1 Å². The summed E-state index contributed by atoms with van der Waals surface area (Å²) >= 11 is 3.13. The molecule has 1 aliphatic carbocycles. The molecule has 0 aliphatic heterocycles. The third kappa shape index (κ3) is 4.50. The Morgan fingerprint density at radius 1 is 1.05 bits per heavy atom. The quantitative estimate of drug-likeness (QED) is 0.244. The zero-order valence-electron chi connectivity index (χ0n) is 21.7. The lowest BCUT2D eigenvalue weighted by molar-refractivity contribution is -0.105. The third-order valence-electron chi connectivity index (χ3n) is 6.59. The molecule has 0 spiro atoms. The van der Waals surface area contributed by atoms with Crippen LogP contribution >= 0.6 is 23.1 Å². The lowest BCUT2D eigenvalue weighted by atomic mass is 9.97. The number of carbonyl (C=O) groups excluding carboxylic acids is 1. The number of thiophene rings is 1. The van der Waals surface area contributed by atoms with Crippen LogP contribution in [-0.4, -0.2) is 42.9 Å². The zero-order valence-corrected chi connectivity index (χ0v) is 23.3. The number of aromatic nitrogens is 2. The van der Waals surface area contributed by atoms with Crippen molar-refractivity contribution in [1.82, 2.24) is 9.55 Å². The van der Waals surface area contributed by atoms with E-state index in [-0.39, 0.29) is 5.56 Å². The fourth-order valence-electron chi connectivity index (χ4n) is 4.84. The largest absolute Gasteiger partial charge is 0.493 e. The van der Waals surface area contributed by atoms with Gasteiger partial charge in [-0.1, -0.05) is 37.3 Å². The molecule has 2 aromatic carbocycles. The number of hydrogen-bond acceptors (Lipinski definition) is 8. The average Bonchev–Trinajstić information content (AvgIpc) is 3.33. The molecule has 196 valence electrons. The number of thioether (sulfide) groups is 1. The molecule has 9 heteroatoms. The lowest BCUT2D eigenvalue weighted by Gasteiger charge is -2.18. The lowest BCUT2D eigenvalue weighted by Crippen LogP contribution is -2.24. The van der Waals surface area contributed by atoms with Gasteiger partial charge in [0.1, 0.15) is 16.9 Å². The molecule has 0 radical (unpaired) electrons. The van der Waals surface area contributed by atoms with Gasteiger partial charge in [-0.15, -0.1) is 23.1 Å². The van der Waals surface area contributed by atoms with Gasteiger partial charge in [-0.3, -0.25) is 14.2 Å². The molecule has 0 fully saturated rings. The second-order valence-corrected chi connectivity index (χ2v) is 11.0.